The lowest BCUT2D eigenvalue weighted by Gasteiger charge is -2.26. The minimum Gasteiger partial charge on any atom is -0.490 e. The summed E-state index contributed by atoms with van der Waals surface area (Å²) in [5.41, 5.74) is 2.96. The van der Waals surface area contributed by atoms with E-state index in [1.54, 1.807) is 48.5 Å². The van der Waals surface area contributed by atoms with Gasteiger partial charge in [-0.3, -0.25) is 14.9 Å². The molecule has 0 bridgehead atoms. The molecule has 7 heteroatoms. The molecule has 34 heavy (non-hydrogen) atoms. The van der Waals surface area contributed by atoms with Crippen molar-refractivity contribution in [1.82, 2.24) is 5.32 Å². The number of amides is 4. The molecule has 172 valence electrons. The second kappa shape index (κ2) is 10.0. The third kappa shape index (κ3) is 4.99. The number of aryl methyl sites for hydroxylation is 1. The molecule has 1 fully saturated rings. The summed E-state index contributed by atoms with van der Waals surface area (Å²) < 4.78 is 11.7. The van der Waals surface area contributed by atoms with Gasteiger partial charge >= 0.3 is 6.03 Å². The molecule has 0 aromatic heterocycles. The van der Waals surface area contributed by atoms with Gasteiger partial charge in [0.15, 0.2) is 11.5 Å². The van der Waals surface area contributed by atoms with E-state index in [0.29, 0.717) is 36.0 Å². The Balaban J connectivity index is 1.61. The maximum Gasteiger partial charge on any atom is 0.335 e. The Morgan fingerprint density at radius 1 is 0.882 bits per heavy atom. The third-order valence-electron chi connectivity index (χ3n) is 5.17. The normalized spacial score (nSPS) is 14.8. The Kier molecular flexibility index (Phi) is 6.73. The number of carbonyl (C=O) groups is 3. The zero-order valence-corrected chi connectivity index (χ0v) is 18.9. The summed E-state index contributed by atoms with van der Waals surface area (Å²) in [5, 5.41) is 2.23. The van der Waals surface area contributed by atoms with E-state index >= 15 is 0 Å². The molecule has 7 nitrogen and oxygen atoms in total. The fourth-order valence-corrected chi connectivity index (χ4v) is 3.60. The van der Waals surface area contributed by atoms with Gasteiger partial charge in [0.1, 0.15) is 12.2 Å². The van der Waals surface area contributed by atoms with Crippen LogP contribution < -0.4 is 19.7 Å². The molecule has 1 heterocycles. The molecule has 0 spiro atoms. The van der Waals surface area contributed by atoms with E-state index in [1.807, 2.05) is 38.1 Å². The van der Waals surface area contributed by atoms with Crippen LogP contribution in [0.1, 0.15) is 23.6 Å². The first-order valence-electron chi connectivity index (χ1n) is 10.9. The quantitative estimate of drug-likeness (QED) is 0.414. The molecule has 3 aromatic carbocycles. The van der Waals surface area contributed by atoms with Crippen molar-refractivity contribution in [3.8, 4) is 11.5 Å². The van der Waals surface area contributed by atoms with Crippen molar-refractivity contribution in [3.05, 3.63) is 95.1 Å². The zero-order valence-electron chi connectivity index (χ0n) is 18.9. The maximum absolute atomic E-state index is 13.0. The van der Waals surface area contributed by atoms with Crippen LogP contribution in [-0.2, 0) is 16.2 Å². The van der Waals surface area contributed by atoms with Gasteiger partial charge in [0, 0.05) is 0 Å². The molecular weight excluding hydrogens is 432 g/mol. The molecule has 1 aliphatic rings. The Morgan fingerprint density at radius 3 is 2.41 bits per heavy atom. The summed E-state index contributed by atoms with van der Waals surface area (Å²) >= 11 is 0. The number of barbiturate groups is 1. The second-order valence-electron chi connectivity index (χ2n) is 7.71. The molecule has 1 N–H and O–H groups in total. The highest BCUT2D eigenvalue weighted by Crippen LogP contribution is 2.31. The van der Waals surface area contributed by atoms with Crippen LogP contribution in [0.15, 0.2) is 78.4 Å². The average molecular weight is 456 g/mol. The molecule has 0 atom stereocenters. The van der Waals surface area contributed by atoms with Crippen LogP contribution >= 0.6 is 0 Å². The van der Waals surface area contributed by atoms with Crippen LogP contribution in [0, 0.1) is 6.92 Å². The van der Waals surface area contributed by atoms with Gasteiger partial charge in [-0.25, -0.2) is 9.69 Å². The number of imide groups is 2. The second-order valence-corrected chi connectivity index (χ2v) is 7.71. The van der Waals surface area contributed by atoms with Gasteiger partial charge in [0.2, 0.25) is 0 Å². The van der Waals surface area contributed by atoms with Gasteiger partial charge in [-0.15, -0.1) is 0 Å². The number of nitrogens with one attached hydrogen (secondary N) is 1. The van der Waals surface area contributed by atoms with Gasteiger partial charge < -0.3 is 9.47 Å². The molecule has 0 saturated carbocycles. The van der Waals surface area contributed by atoms with Gasteiger partial charge in [-0.1, -0.05) is 54.1 Å². The van der Waals surface area contributed by atoms with Crippen molar-refractivity contribution in [3.63, 3.8) is 0 Å². The van der Waals surface area contributed by atoms with E-state index in [9.17, 15) is 14.4 Å². The Morgan fingerprint density at radius 2 is 1.68 bits per heavy atom. The average Bonchev–Trinajstić information content (AvgIpc) is 2.82. The monoisotopic (exact) mass is 456 g/mol. The Labute approximate surface area is 197 Å². The van der Waals surface area contributed by atoms with E-state index in [-0.39, 0.29) is 5.57 Å². The van der Waals surface area contributed by atoms with Crippen molar-refractivity contribution in [2.45, 2.75) is 20.5 Å². The van der Waals surface area contributed by atoms with Gasteiger partial charge in [0.25, 0.3) is 11.8 Å². The van der Waals surface area contributed by atoms with Crippen LogP contribution in [0.25, 0.3) is 6.08 Å². The number of hydrogen-bond acceptors (Lipinski definition) is 5. The highest BCUT2D eigenvalue weighted by molar-refractivity contribution is 6.39. The lowest BCUT2D eigenvalue weighted by molar-refractivity contribution is -0.122. The first-order valence-corrected chi connectivity index (χ1v) is 10.9. The van der Waals surface area contributed by atoms with E-state index < -0.39 is 17.8 Å². The van der Waals surface area contributed by atoms with Crippen LogP contribution in [0.3, 0.4) is 0 Å². The third-order valence-corrected chi connectivity index (χ3v) is 5.17. The van der Waals surface area contributed by atoms with Crippen molar-refractivity contribution in [2.24, 2.45) is 0 Å². The maximum atomic E-state index is 13.0. The number of rotatable bonds is 7. The molecule has 0 radical (unpaired) electrons. The van der Waals surface area contributed by atoms with Crippen LogP contribution in [0.2, 0.25) is 0 Å². The lowest BCUT2D eigenvalue weighted by Crippen LogP contribution is -2.54. The molecule has 0 aliphatic carbocycles. The molecule has 3 aromatic rings. The van der Waals surface area contributed by atoms with Crippen molar-refractivity contribution < 1.29 is 23.9 Å². The Hall–Kier alpha value is -4.39. The van der Waals surface area contributed by atoms with Crippen LogP contribution in [0.5, 0.6) is 11.5 Å². The summed E-state index contributed by atoms with van der Waals surface area (Å²) in [7, 11) is 0. The number of urea groups is 1. The minimum atomic E-state index is -0.784. The number of ether oxygens (including phenoxy) is 2. The number of benzene rings is 3. The highest BCUT2D eigenvalue weighted by Gasteiger charge is 2.36. The van der Waals surface area contributed by atoms with E-state index in [2.05, 4.69) is 5.32 Å². The summed E-state index contributed by atoms with van der Waals surface area (Å²) in [5.74, 6) is -0.409. The van der Waals surface area contributed by atoms with Crippen molar-refractivity contribution in [2.75, 3.05) is 11.5 Å². The van der Waals surface area contributed by atoms with Crippen molar-refractivity contribution in [1.29, 1.82) is 0 Å². The number of carbonyl (C=O) groups excluding carboxylic acids is 3. The van der Waals surface area contributed by atoms with Crippen LogP contribution in [-0.4, -0.2) is 24.5 Å². The molecular formula is C27H24N2O5. The standard InChI is InChI=1S/C27H24N2O5/c1-3-33-24-16-19(12-13-23(24)34-17-20-9-7-8-18(2)14-20)15-22-25(30)28-27(32)29(26(22)31)21-10-5-4-6-11-21/h4-16H,3,17H2,1-2H3,(H,28,30,32)/b22-15+. The van der Waals surface area contributed by atoms with Gasteiger partial charge in [0.05, 0.1) is 12.3 Å². The largest absolute Gasteiger partial charge is 0.490 e. The number of para-hydroxylation sites is 1. The summed E-state index contributed by atoms with van der Waals surface area (Å²) in [6.45, 7) is 4.66. The summed E-state index contributed by atoms with van der Waals surface area (Å²) in [4.78, 5) is 38.8. The van der Waals surface area contributed by atoms with Gasteiger partial charge in [-0.2, -0.15) is 0 Å². The first kappa shape index (κ1) is 22.8. The van der Waals surface area contributed by atoms with E-state index in [1.165, 1.54) is 6.08 Å². The molecule has 4 amide bonds. The first-order chi connectivity index (χ1) is 16.5. The summed E-state index contributed by atoms with van der Waals surface area (Å²) in [6.07, 6.45) is 1.44. The molecule has 1 aliphatic heterocycles. The van der Waals surface area contributed by atoms with Gasteiger partial charge in [-0.05, 0) is 55.3 Å². The molecule has 0 unspecified atom stereocenters. The Bertz CT molecular complexity index is 1270. The summed E-state index contributed by atoms with van der Waals surface area (Å²) in [6, 6.07) is 20.8. The van der Waals surface area contributed by atoms with Crippen LogP contribution in [0.4, 0.5) is 10.5 Å². The van der Waals surface area contributed by atoms with E-state index in [4.69, 9.17) is 9.47 Å². The minimum absolute atomic E-state index is 0.153. The predicted molar refractivity (Wildman–Crippen MR) is 129 cm³/mol. The molecule has 1 saturated heterocycles. The lowest BCUT2D eigenvalue weighted by atomic mass is 10.1. The number of hydrogen-bond donors (Lipinski definition) is 1. The van der Waals surface area contributed by atoms with Crippen molar-refractivity contribution >= 4 is 29.6 Å². The molecule has 4 rings (SSSR count). The SMILES string of the molecule is CCOc1cc(/C=C2\C(=O)NC(=O)N(c3ccccc3)C2=O)ccc1OCc1cccc(C)c1. The fourth-order valence-electron chi connectivity index (χ4n) is 3.60. The van der Waals surface area contributed by atoms with E-state index in [0.717, 1.165) is 16.0 Å². The fraction of sp³-hybridized carbons (Fsp3) is 0.148. The predicted octanol–water partition coefficient (Wildman–Crippen LogP) is 4.64. The smallest absolute Gasteiger partial charge is 0.335 e. The zero-order chi connectivity index (χ0) is 24.1. The number of nitrogens with zero attached hydrogens (tertiary/aromatic N) is 1. The topological polar surface area (TPSA) is 84.9 Å². The highest BCUT2D eigenvalue weighted by atomic mass is 16.5. The number of anilines is 1.